The van der Waals surface area contributed by atoms with Crippen molar-refractivity contribution in [2.75, 3.05) is 0 Å². The molecule has 0 aliphatic rings. The first kappa shape index (κ1) is 13.4. The number of nitrogens with one attached hydrogen (secondary N) is 1. The van der Waals surface area contributed by atoms with Crippen LogP contribution in [-0.2, 0) is 19.1 Å². The smallest absolute Gasteiger partial charge is 0.0380 e. The van der Waals surface area contributed by atoms with Gasteiger partial charge in [-0.3, -0.25) is 0 Å². The summed E-state index contributed by atoms with van der Waals surface area (Å²) in [5.41, 5.74) is 2.55. The minimum absolute atomic E-state index is 0.0367. The van der Waals surface area contributed by atoms with Crippen LogP contribution in [-0.4, -0.2) is 4.57 Å². The fourth-order valence-corrected chi connectivity index (χ4v) is 2.22. The molecule has 0 saturated heterocycles. The Hall–Kier alpha value is -1.06. The molecular formula is C15H19BrN2. The molecule has 0 fully saturated rings. The van der Waals surface area contributed by atoms with E-state index in [2.05, 4.69) is 89.3 Å². The van der Waals surface area contributed by atoms with Crippen LogP contribution in [0.1, 0.15) is 25.1 Å². The first-order valence-corrected chi connectivity index (χ1v) is 6.89. The molecule has 2 aromatic rings. The topological polar surface area (TPSA) is 17.0 Å². The average molecular weight is 307 g/mol. The summed E-state index contributed by atoms with van der Waals surface area (Å²) in [6.07, 6.45) is 2.07. The van der Waals surface area contributed by atoms with Gasteiger partial charge < -0.3 is 9.88 Å². The second-order valence-corrected chi connectivity index (χ2v) is 6.01. The highest BCUT2D eigenvalue weighted by Gasteiger charge is 2.19. The summed E-state index contributed by atoms with van der Waals surface area (Å²) >= 11 is 3.47. The van der Waals surface area contributed by atoms with E-state index in [0.717, 1.165) is 11.0 Å². The van der Waals surface area contributed by atoms with Crippen LogP contribution >= 0.6 is 15.9 Å². The van der Waals surface area contributed by atoms with Crippen molar-refractivity contribution in [3.63, 3.8) is 0 Å². The summed E-state index contributed by atoms with van der Waals surface area (Å²) in [4.78, 5) is 0. The highest BCUT2D eigenvalue weighted by Crippen LogP contribution is 2.22. The van der Waals surface area contributed by atoms with E-state index < -0.39 is 0 Å². The molecule has 0 aliphatic carbocycles. The van der Waals surface area contributed by atoms with Crippen molar-refractivity contribution in [2.24, 2.45) is 7.05 Å². The van der Waals surface area contributed by atoms with E-state index in [-0.39, 0.29) is 5.54 Å². The zero-order chi connectivity index (χ0) is 13.2. The molecule has 0 atom stereocenters. The Morgan fingerprint density at radius 1 is 1.17 bits per heavy atom. The van der Waals surface area contributed by atoms with Crippen molar-refractivity contribution in [1.29, 1.82) is 0 Å². The van der Waals surface area contributed by atoms with Gasteiger partial charge in [0, 0.05) is 35.5 Å². The van der Waals surface area contributed by atoms with E-state index >= 15 is 0 Å². The maximum Gasteiger partial charge on any atom is 0.0380 e. The number of rotatable bonds is 4. The second kappa shape index (κ2) is 5.29. The highest BCUT2D eigenvalue weighted by molar-refractivity contribution is 9.10. The molecule has 0 spiro atoms. The number of hydrogen-bond donors (Lipinski definition) is 1. The van der Waals surface area contributed by atoms with Crippen LogP contribution in [0.5, 0.6) is 0 Å². The number of nitrogens with zero attached hydrogens (tertiary/aromatic N) is 1. The molecule has 1 aromatic carbocycles. The SMILES string of the molecule is Cn1cccc1CNC(C)(C)c1ccc(Br)cc1. The Morgan fingerprint density at radius 3 is 2.39 bits per heavy atom. The Balaban J connectivity index is 2.07. The Labute approximate surface area is 117 Å². The lowest BCUT2D eigenvalue weighted by Gasteiger charge is -2.27. The average Bonchev–Trinajstić information content (AvgIpc) is 2.73. The van der Waals surface area contributed by atoms with Gasteiger partial charge in [-0.15, -0.1) is 0 Å². The summed E-state index contributed by atoms with van der Waals surface area (Å²) in [5.74, 6) is 0. The van der Waals surface area contributed by atoms with Crippen molar-refractivity contribution < 1.29 is 0 Å². The lowest BCUT2D eigenvalue weighted by atomic mass is 9.94. The van der Waals surface area contributed by atoms with Gasteiger partial charge in [0.25, 0.3) is 0 Å². The summed E-state index contributed by atoms with van der Waals surface area (Å²) < 4.78 is 3.26. The fourth-order valence-electron chi connectivity index (χ4n) is 1.96. The third kappa shape index (κ3) is 3.03. The molecular weight excluding hydrogens is 288 g/mol. The molecule has 3 heteroatoms. The maximum absolute atomic E-state index is 3.60. The van der Waals surface area contributed by atoms with Gasteiger partial charge in [0.05, 0.1) is 0 Å². The van der Waals surface area contributed by atoms with E-state index in [0.29, 0.717) is 0 Å². The van der Waals surface area contributed by atoms with E-state index in [1.165, 1.54) is 11.3 Å². The van der Waals surface area contributed by atoms with Crippen LogP contribution in [0.4, 0.5) is 0 Å². The van der Waals surface area contributed by atoms with Gasteiger partial charge in [0.15, 0.2) is 0 Å². The third-order valence-corrected chi connectivity index (χ3v) is 3.86. The summed E-state index contributed by atoms with van der Waals surface area (Å²) in [6, 6.07) is 12.7. The normalized spacial score (nSPS) is 11.8. The number of halogens is 1. The molecule has 0 aliphatic heterocycles. The zero-order valence-electron chi connectivity index (χ0n) is 11.1. The molecule has 2 nitrogen and oxygen atoms in total. The van der Waals surface area contributed by atoms with Crippen LogP contribution in [0.15, 0.2) is 47.1 Å². The first-order valence-electron chi connectivity index (χ1n) is 6.10. The third-order valence-electron chi connectivity index (χ3n) is 3.33. The standard InChI is InChI=1S/C15H19BrN2/c1-15(2,12-6-8-13(16)9-7-12)17-11-14-5-4-10-18(14)3/h4-10,17H,11H2,1-3H3. The first-order chi connectivity index (χ1) is 8.49. The summed E-state index contributed by atoms with van der Waals surface area (Å²) in [7, 11) is 2.07. The van der Waals surface area contributed by atoms with Crippen molar-refractivity contribution in [3.05, 3.63) is 58.3 Å². The summed E-state index contributed by atoms with van der Waals surface area (Å²) in [5, 5.41) is 3.60. The maximum atomic E-state index is 3.60. The molecule has 0 amide bonds. The summed E-state index contributed by atoms with van der Waals surface area (Å²) in [6.45, 7) is 5.28. The lowest BCUT2D eigenvalue weighted by Crippen LogP contribution is -2.36. The molecule has 0 unspecified atom stereocenters. The largest absolute Gasteiger partial charge is 0.353 e. The van der Waals surface area contributed by atoms with Gasteiger partial charge in [-0.2, -0.15) is 0 Å². The van der Waals surface area contributed by atoms with E-state index in [1.807, 2.05) is 0 Å². The molecule has 1 heterocycles. The highest BCUT2D eigenvalue weighted by atomic mass is 79.9. The van der Waals surface area contributed by atoms with Crippen LogP contribution in [0.2, 0.25) is 0 Å². The molecule has 2 rings (SSSR count). The number of benzene rings is 1. The van der Waals surface area contributed by atoms with Gasteiger partial charge in [0.2, 0.25) is 0 Å². The predicted octanol–water partition coefficient (Wildman–Crippen LogP) is 3.81. The Morgan fingerprint density at radius 2 is 1.83 bits per heavy atom. The minimum Gasteiger partial charge on any atom is -0.353 e. The molecule has 1 N–H and O–H groups in total. The van der Waals surface area contributed by atoms with Crippen LogP contribution in [0, 0.1) is 0 Å². The van der Waals surface area contributed by atoms with Gasteiger partial charge in [0.1, 0.15) is 0 Å². The molecule has 0 saturated carbocycles. The molecule has 1 aromatic heterocycles. The molecule has 96 valence electrons. The Kier molecular flexibility index (Phi) is 3.93. The van der Waals surface area contributed by atoms with Crippen LogP contribution in [0.25, 0.3) is 0 Å². The van der Waals surface area contributed by atoms with Gasteiger partial charge in [-0.25, -0.2) is 0 Å². The molecule has 0 bridgehead atoms. The van der Waals surface area contributed by atoms with Crippen molar-refractivity contribution in [2.45, 2.75) is 25.9 Å². The van der Waals surface area contributed by atoms with E-state index in [1.54, 1.807) is 0 Å². The minimum atomic E-state index is -0.0367. The van der Waals surface area contributed by atoms with Gasteiger partial charge in [-0.05, 0) is 43.7 Å². The van der Waals surface area contributed by atoms with Crippen molar-refractivity contribution in [3.8, 4) is 0 Å². The van der Waals surface area contributed by atoms with Crippen molar-refractivity contribution >= 4 is 15.9 Å². The van der Waals surface area contributed by atoms with Gasteiger partial charge >= 0.3 is 0 Å². The number of hydrogen-bond acceptors (Lipinski definition) is 1. The van der Waals surface area contributed by atoms with E-state index in [9.17, 15) is 0 Å². The van der Waals surface area contributed by atoms with E-state index in [4.69, 9.17) is 0 Å². The quantitative estimate of drug-likeness (QED) is 0.909. The zero-order valence-corrected chi connectivity index (χ0v) is 12.7. The lowest BCUT2D eigenvalue weighted by molar-refractivity contribution is 0.395. The fraction of sp³-hybridized carbons (Fsp3) is 0.333. The van der Waals surface area contributed by atoms with Gasteiger partial charge in [-0.1, -0.05) is 28.1 Å². The number of aromatic nitrogens is 1. The second-order valence-electron chi connectivity index (χ2n) is 5.10. The Bertz CT molecular complexity index is 512. The monoisotopic (exact) mass is 306 g/mol. The van der Waals surface area contributed by atoms with Crippen LogP contribution in [0.3, 0.4) is 0 Å². The van der Waals surface area contributed by atoms with Crippen LogP contribution < -0.4 is 5.32 Å². The predicted molar refractivity (Wildman–Crippen MR) is 79.4 cm³/mol. The van der Waals surface area contributed by atoms with Crippen molar-refractivity contribution in [1.82, 2.24) is 9.88 Å². The molecule has 18 heavy (non-hydrogen) atoms. The number of aryl methyl sites for hydroxylation is 1. The molecule has 0 radical (unpaired) electrons.